The van der Waals surface area contributed by atoms with Gasteiger partial charge >= 0.3 is 0 Å². The van der Waals surface area contributed by atoms with Gasteiger partial charge < -0.3 is 9.80 Å². The number of rotatable bonds is 7. The van der Waals surface area contributed by atoms with Gasteiger partial charge in [0.25, 0.3) is 0 Å². The average Bonchev–Trinajstić information content (AvgIpc) is 3.61. The molecule has 2 aliphatic rings. The first kappa shape index (κ1) is 25.7. The van der Waals surface area contributed by atoms with Crippen molar-refractivity contribution in [3.05, 3.63) is 72.2 Å². The zero-order chi connectivity index (χ0) is 27.0. The minimum absolute atomic E-state index is 0.0439. The second-order valence-electron chi connectivity index (χ2n) is 10.2. The van der Waals surface area contributed by atoms with E-state index in [2.05, 4.69) is 19.5 Å². The molecule has 0 spiro atoms. The lowest BCUT2D eigenvalue weighted by atomic mass is 10.0. The molecule has 2 saturated heterocycles. The maximum absolute atomic E-state index is 13.9. The van der Waals surface area contributed by atoms with Crippen molar-refractivity contribution in [2.24, 2.45) is 0 Å². The highest BCUT2D eigenvalue weighted by molar-refractivity contribution is 7.89. The number of hydrogen-bond donors (Lipinski definition) is 1. The lowest BCUT2D eigenvalue weighted by molar-refractivity contribution is 0.459. The second kappa shape index (κ2) is 10.5. The topological polar surface area (TPSA) is 95.7 Å². The normalized spacial score (nSPS) is 18.8. The molecule has 1 atom stereocenters. The molecule has 0 bridgehead atoms. The first-order chi connectivity index (χ1) is 18.9. The Morgan fingerprint density at radius 2 is 1.82 bits per heavy atom. The SMILES string of the molecule is CCS(=O)(=O)NC1CCN(c2cccc(-c3cnc4ccc(N5CCCC5c5cccc(F)c5)nn34)n2)CC1. The molecule has 0 radical (unpaired) electrons. The van der Waals surface area contributed by atoms with E-state index in [1.807, 2.05) is 40.9 Å². The van der Waals surface area contributed by atoms with E-state index in [-0.39, 0.29) is 23.7 Å². The maximum Gasteiger partial charge on any atom is 0.211 e. The Balaban J connectivity index is 1.24. The molecule has 1 aromatic carbocycles. The molecule has 11 heteroatoms. The lowest BCUT2D eigenvalue weighted by Crippen LogP contribution is -2.45. The predicted molar refractivity (Wildman–Crippen MR) is 150 cm³/mol. The smallest absolute Gasteiger partial charge is 0.211 e. The fourth-order valence-corrected chi connectivity index (χ4v) is 6.51. The number of benzene rings is 1. The number of piperidine rings is 1. The largest absolute Gasteiger partial charge is 0.356 e. The number of sulfonamides is 1. The lowest BCUT2D eigenvalue weighted by Gasteiger charge is -2.33. The van der Waals surface area contributed by atoms with Crippen LogP contribution in [0.1, 0.15) is 44.2 Å². The minimum Gasteiger partial charge on any atom is -0.356 e. The number of nitrogens with zero attached hydrogens (tertiary/aromatic N) is 6. The molecule has 1 unspecified atom stereocenters. The molecule has 4 aromatic rings. The number of nitrogens with one attached hydrogen (secondary N) is 1. The van der Waals surface area contributed by atoms with Gasteiger partial charge in [-0.05, 0) is 74.6 Å². The van der Waals surface area contributed by atoms with Gasteiger partial charge in [-0.25, -0.2) is 32.0 Å². The van der Waals surface area contributed by atoms with E-state index < -0.39 is 10.0 Å². The molecule has 2 fully saturated rings. The molecular formula is C28H32FN7O2S. The summed E-state index contributed by atoms with van der Waals surface area (Å²) in [5, 5.41) is 4.95. The van der Waals surface area contributed by atoms with E-state index in [1.54, 1.807) is 25.3 Å². The van der Waals surface area contributed by atoms with Crippen LogP contribution in [0.25, 0.3) is 17.0 Å². The average molecular weight is 550 g/mol. The molecule has 5 heterocycles. The summed E-state index contributed by atoms with van der Waals surface area (Å²) in [7, 11) is -3.21. The van der Waals surface area contributed by atoms with Crippen LogP contribution in [0.3, 0.4) is 0 Å². The molecule has 1 N–H and O–H groups in total. The van der Waals surface area contributed by atoms with Gasteiger partial charge in [-0.2, -0.15) is 0 Å². The first-order valence-electron chi connectivity index (χ1n) is 13.5. The van der Waals surface area contributed by atoms with Crippen LogP contribution in [-0.2, 0) is 10.0 Å². The number of fused-ring (bicyclic) bond motifs is 1. The molecule has 0 amide bonds. The summed E-state index contributed by atoms with van der Waals surface area (Å²) in [5.41, 5.74) is 3.25. The van der Waals surface area contributed by atoms with E-state index in [0.717, 1.165) is 79.6 Å². The summed E-state index contributed by atoms with van der Waals surface area (Å²) in [5.74, 6) is 1.54. The Morgan fingerprint density at radius 1 is 1.00 bits per heavy atom. The highest BCUT2D eigenvalue weighted by atomic mass is 32.2. The highest BCUT2D eigenvalue weighted by Gasteiger charge is 2.28. The van der Waals surface area contributed by atoms with Crippen LogP contribution in [0.5, 0.6) is 0 Å². The fourth-order valence-electron chi connectivity index (χ4n) is 5.60. The number of pyridine rings is 1. The third-order valence-corrected chi connectivity index (χ3v) is 9.12. The van der Waals surface area contributed by atoms with Gasteiger partial charge in [-0.1, -0.05) is 18.2 Å². The molecule has 204 valence electrons. The van der Waals surface area contributed by atoms with Crippen molar-refractivity contribution in [1.29, 1.82) is 0 Å². The molecule has 39 heavy (non-hydrogen) atoms. The van der Waals surface area contributed by atoms with E-state index in [1.165, 1.54) is 6.07 Å². The number of halogens is 1. The summed E-state index contributed by atoms with van der Waals surface area (Å²) in [6.45, 7) is 3.94. The van der Waals surface area contributed by atoms with Crippen molar-refractivity contribution in [3.8, 4) is 11.4 Å². The van der Waals surface area contributed by atoms with Gasteiger partial charge in [0, 0.05) is 25.7 Å². The Morgan fingerprint density at radius 3 is 2.62 bits per heavy atom. The van der Waals surface area contributed by atoms with E-state index in [9.17, 15) is 12.8 Å². The quantitative estimate of drug-likeness (QED) is 0.370. The van der Waals surface area contributed by atoms with Gasteiger partial charge in [-0.15, -0.1) is 5.10 Å². The summed E-state index contributed by atoms with van der Waals surface area (Å²) in [4.78, 5) is 13.9. The van der Waals surface area contributed by atoms with Crippen molar-refractivity contribution in [3.63, 3.8) is 0 Å². The van der Waals surface area contributed by atoms with Crippen LogP contribution in [-0.4, -0.2) is 59.4 Å². The van der Waals surface area contributed by atoms with Gasteiger partial charge in [0.2, 0.25) is 10.0 Å². The summed E-state index contributed by atoms with van der Waals surface area (Å²) in [6.07, 6.45) is 5.21. The molecular weight excluding hydrogens is 517 g/mol. The summed E-state index contributed by atoms with van der Waals surface area (Å²) in [6, 6.07) is 16.7. The van der Waals surface area contributed by atoms with Crippen LogP contribution < -0.4 is 14.5 Å². The monoisotopic (exact) mass is 549 g/mol. The van der Waals surface area contributed by atoms with Crippen molar-refractivity contribution in [2.45, 2.75) is 44.7 Å². The third-order valence-electron chi connectivity index (χ3n) is 7.67. The second-order valence-corrected chi connectivity index (χ2v) is 12.2. The van der Waals surface area contributed by atoms with E-state index in [0.29, 0.717) is 0 Å². The highest BCUT2D eigenvalue weighted by Crippen LogP contribution is 2.36. The number of hydrogen-bond acceptors (Lipinski definition) is 7. The molecule has 0 aliphatic carbocycles. The van der Waals surface area contributed by atoms with Gasteiger partial charge in [0.1, 0.15) is 23.1 Å². The van der Waals surface area contributed by atoms with Gasteiger partial charge in [0.15, 0.2) is 5.65 Å². The van der Waals surface area contributed by atoms with Crippen LogP contribution in [0.2, 0.25) is 0 Å². The van der Waals surface area contributed by atoms with E-state index >= 15 is 0 Å². The summed E-state index contributed by atoms with van der Waals surface area (Å²) < 4.78 is 42.5. The van der Waals surface area contributed by atoms with Crippen molar-refractivity contribution in [1.82, 2.24) is 24.3 Å². The fraction of sp³-hybridized carbons (Fsp3) is 0.393. The molecule has 6 rings (SSSR count). The van der Waals surface area contributed by atoms with Gasteiger partial charge in [0.05, 0.1) is 23.7 Å². The first-order valence-corrected chi connectivity index (χ1v) is 15.1. The number of aromatic nitrogens is 4. The minimum atomic E-state index is -3.21. The zero-order valence-corrected chi connectivity index (χ0v) is 22.7. The van der Waals surface area contributed by atoms with Crippen LogP contribution in [0, 0.1) is 5.82 Å². The van der Waals surface area contributed by atoms with Crippen LogP contribution in [0.4, 0.5) is 16.0 Å². The van der Waals surface area contributed by atoms with E-state index in [4.69, 9.17) is 10.1 Å². The van der Waals surface area contributed by atoms with Crippen molar-refractivity contribution >= 4 is 27.3 Å². The van der Waals surface area contributed by atoms with Gasteiger partial charge in [-0.3, -0.25) is 0 Å². The summed E-state index contributed by atoms with van der Waals surface area (Å²) >= 11 is 0. The Hall–Kier alpha value is -3.57. The predicted octanol–water partition coefficient (Wildman–Crippen LogP) is 4.18. The Kier molecular flexibility index (Phi) is 6.94. The molecule has 9 nitrogen and oxygen atoms in total. The van der Waals surface area contributed by atoms with Crippen molar-refractivity contribution in [2.75, 3.05) is 35.2 Å². The third kappa shape index (κ3) is 5.33. The maximum atomic E-state index is 13.9. The molecule has 2 aliphatic heterocycles. The van der Waals surface area contributed by atoms with Crippen LogP contribution >= 0.6 is 0 Å². The zero-order valence-electron chi connectivity index (χ0n) is 21.9. The Bertz CT molecular complexity index is 1580. The molecule has 3 aromatic heterocycles. The number of imidazole rings is 1. The van der Waals surface area contributed by atoms with Crippen LogP contribution in [0.15, 0.2) is 60.8 Å². The van der Waals surface area contributed by atoms with Crippen molar-refractivity contribution < 1.29 is 12.8 Å². The standard InChI is InChI=1S/C28H32FN7O2S/c1-2-39(37,38)33-22-13-16-34(17-14-22)27-10-4-8-23(31-27)25-19-30-26-11-12-28(32-36(25)26)35-15-5-9-24(35)20-6-3-7-21(29)18-20/h3-4,6-8,10-12,18-19,22,24,33H,2,5,9,13-17H2,1H3. The number of anilines is 2. The molecule has 0 saturated carbocycles. The Labute approximate surface area is 227 Å².